The van der Waals surface area contributed by atoms with Crippen molar-refractivity contribution in [1.82, 2.24) is 5.32 Å². The summed E-state index contributed by atoms with van der Waals surface area (Å²) in [5.41, 5.74) is -2.80. The molecule has 1 aliphatic heterocycles. The Hall–Kier alpha value is -3.19. The number of amides is 1. The number of carbonyl (C=O) groups is 1. The molecule has 1 heterocycles. The molecular weight excluding hydrogens is 514 g/mol. The third-order valence-electron chi connectivity index (χ3n) is 4.83. The van der Waals surface area contributed by atoms with E-state index in [9.17, 15) is 31.1 Å². The fourth-order valence-corrected chi connectivity index (χ4v) is 3.92. The SMILES string of the molecule is COCCN=C1NC(=O)C(=Cc2ccc(OCc3ccc(C(F)(F)F)cc3C(F)(F)F)cc2OC)S1. The second kappa shape index (κ2) is 11.2. The summed E-state index contributed by atoms with van der Waals surface area (Å²) in [6, 6.07) is 5.74. The third kappa shape index (κ3) is 6.94. The first-order valence-electron chi connectivity index (χ1n) is 10.2. The van der Waals surface area contributed by atoms with Gasteiger partial charge in [0.05, 0.1) is 36.3 Å². The van der Waals surface area contributed by atoms with Crippen molar-refractivity contribution < 1.29 is 45.3 Å². The van der Waals surface area contributed by atoms with Gasteiger partial charge in [0.2, 0.25) is 0 Å². The molecule has 13 heteroatoms. The molecule has 0 aliphatic carbocycles. The van der Waals surface area contributed by atoms with E-state index in [1.165, 1.54) is 32.4 Å². The van der Waals surface area contributed by atoms with Crippen LogP contribution < -0.4 is 14.8 Å². The Balaban J connectivity index is 1.78. The molecule has 36 heavy (non-hydrogen) atoms. The monoisotopic (exact) mass is 534 g/mol. The van der Waals surface area contributed by atoms with Crippen molar-refractivity contribution >= 4 is 28.9 Å². The maximum Gasteiger partial charge on any atom is 0.416 e. The number of amidine groups is 1. The van der Waals surface area contributed by atoms with E-state index in [1.54, 1.807) is 6.08 Å². The van der Waals surface area contributed by atoms with Crippen LogP contribution in [0.5, 0.6) is 11.5 Å². The summed E-state index contributed by atoms with van der Waals surface area (Å²) < 4.78 is 94.3. The minimum absolute atomic E-state index is 0.0612. The largest absolute Gasteiger partial charge is 0.496 e. The highest BCUT2D eigenvalue weighted by Gasteiger charge is 2.38. The number of rotatable bonds is 8. The molecule has 194 valence electrons. The van der Waals surface area contributed by atoms with Crippen LogP contribution in [0, 0.1) is 0 Å². The van der Waals surface area contributed by atoms with Crippen LogP contribution >= 0.6 is 11.8 Å². The number of hydrogen-bond donors (Lipinski definition) is 1. The number of hydrogen-bond acceptors (Lipinski definition) is 6. The van der Waals surface area contributed by atoms with Crippen LogP contribution in [0.3, 0.4) is 0 Å². The van der Waals surface area contributed by atoms with Gasteiger partial charge in [-0.1, -0.05) is 6.07 Å². The van der Waals surface area contributed by atoms with Crippen molar-refractivity contribution in [3.05, 3.63) is 63.6 Å². The molecule has 1 saturated heterocycles. The van der Waals surface area contributed by atoms with Gasteiger partial charge in [0.15, 0.2) is 5.17 Å². The van der Waals surface area contributed by atoms with E-state index in [0.29, 0.717) is 34.9 Å². The summed E-state index contributed by atoms with van der Waals surface area (Å²) in [6.45, 7) is 0.137. The van der Waals surface area contributed by atoms with Gasteiger partial charge in [-0.05, 0) is 42.1 Å². The van der Waals surface area contributed by atoms with Gasteiger partial charge < -0.3 is 19.5 Å². The zero-order valence-corrected chi connectivity index (χ0v) is 19.7. The van der Waals surface area contributed by atoms with E-state index in [1.807, 2.05) is 0 Å². The molecule has 2 aromatic carbocycles. The average Bonchev–Trinajstić information content (AvgIpc) is 3.16. The predicted molar refractivity (Wildman–Crippen MR) is 122 cm³/mol. The number of alkyl halides is 6. The number of nitrogens with zero attached hydrogens (tertiary/aromatic N) is 1. The number of halogens is 6. The van der Waals surface area contributed by atoms with Gasteiger partial charge in [-0.2, -0.15) is 26.3 Å². The minimum Gasteiger partial charge on any atom is -0.496 e. The molecule has 1 aliphatic rings. The molecular formula is C23H20F6N2O4S. The van der Waals surface area contributed by atoms with E-state index in [4.69, 9.17) is 14.2 Å². The van der Waals surface area contributed by atoms with Gasteiger partial charge in [-0.3, -0.25) is 9.79 Å². The number of nitrogens with one attached hydrogen (secondary N) is 1. The molecule has 0 radical (unpaired) electrons. The minimum atomic E-state index is -5.00. The first kappa shape index (κ1) is 27.4. The van der Waals surface area contributed by atoms with Gasteiger partial charge in [-0.15, -0.1) is 0 Å². The fraction of sp³-hybridized carbons (Fsp3) is 0.304. The lowest BCUT2D eigenvalue weighted by molar-refractivity contribution is -0.143. The zero-order chi connectivity index (χ0) is 26.5. The van der Waals surface area contributed by atoms with Gasteiger partial charge >= 0.3 is 12.4 Å². The summed E-state index contributed by atoms with van der Waals surface area (Å²) in [5, 5.41) is 3.04. The first-order valence-corrected chi connectivity index (χ1v) is 11.1. The lowest BCUT2D eigenvalue weighted by Crippen LogP contribution is -2.20. The fourth-order valence-electron chi connectivity index (χ4n) is 3.09. The molecule has 0 saturated carbocycles. The summed E-state index contributed by atoms with van der Waals surface area (Å²) in [6.07, 6.45) is -8.36. The molecule has 0 atom stereocenters. The molecule has 6 nitrogen and oxygen atoms in total. The van der Waals surface area contributed by atoms with Gasteiger partial charge in [-0.25, -0.2) is 0 Å². The van der Waals surface area contributed by atoms with Crippen molar-refractivity contribution in [2.75, 3.05) is 27.4 Å². The molecule has 3 rings (SSSR count). The highest BCUT2D eigenvalue weighted by molar-refractivity contribution is 8.18. The molecule has 0 bridgehead atoms. The smallest absolute Gasteiger partial charge is 0.416 e. The molecule has 0 spiro atoms. The number of carbonyl (C=O) groups excluding carboxylic acids is 1. The Morgan fingerprint density at radius 1 is 1.03 bits per heavy atom. The Bertz CT molecular complexity index is 1180. The van der Waals surface area contributed by atoms with Crippen LogP contribution in [0.2, 0.25) is 0 Å². The number of aliphatic imine (C=N–C) groups is 1. The van der Waals surface area contributed by atoms with E-state index >= 15 is 0 Å². The highest BCUT2D eigenvalue weighted by Crippen LogP contribution is 2.38. The van der Waals surface area contributed by atoms with E-state index < -0.39 is 35.6 Å². The predicted octanol–water partition coefficient (Wildman–Crippen LogP) is 5.52. The van der Waals surface area contributed by atoms with E-state index in [2.05, 4.69) is 10.3 Å². The van der Waals surface area contributed by atoms with Crippen molar-refractivity contribution in [1.29, 1.82) is 0 Å². The maximum absolute atomic E-state index is 13.4. The summed E-state index contributed by atoms with van der Waals surface area (Å²) >= 11 is 1.12. The molecule has 1 N–H and O–H groups in total. The molecule has 0 aromatic heterocycles. The molecule has 2 aromatic rings. The average molecular weight is 534 g/mol. The topological polar surface area (TPSA) is 69.2 Å². The second-order valence-corrected chi connectivity index (χ2v) is 8.33. The lowest BCUT2D eigenvalue weighted by Gasteiger charge is -2.17. The van der Waals surface area contributed by atoms with Crippen molar-refractivity contribution in [3.8, 4) is 11.5 Å². The Labute approximate surface area is 206 Å². The second-order valence-electron chi connectivity index (χ2n) is 7.30. The van der Waals surface area contributed by atoms with Crippen LogP contribution in [0.25, 0.3) is 6.08 Å². The maximum atomic E-state index is 13.4. The highest BCUT2D eigenvalue weighted by atomic mass is 32.2. The van der Waals surface area contributed by atoms with Crippen molar-refractivity contribution in [2.24, 2.45) is 4.99 Å². The lowest BCUT2D eigenvalue weighted by atomic mass is 10.0. The normalized spacial score (nSPS) is 16.5. The summed E-state index contributed by atoms with van der Waals surface area (Å²) in [4.78, 5) is 16.7. The Morgan fingerprint density at radius 2 is 1.78 bits per heavy atom. The Kier molecular flexibility index (Phi) is 8.56. The standard InChI is InChI=1S/C23H20F6N2O4S/c1-33-8-7-30-21-31-20(32)19(36-21)9-13-4-6-16(11-18(13)34-2)35-12-14-3-5-15(22(24,25)26)10-17(14)23(27,28)29/h3-6,9-11H,7-8,12H2,1-2H3,(H,30,31,32). The van der Waals surface area contributed by atoms with Crippen LogP contribution in [0.1, 0.15) is 22.3 Å². The molecule has 1 fully saturated rings. The van der Waals surface area contributed by atoms with Crippen LogP contribution in [0.15, 0.2) is 46.3 Å². The zero-order valence-electron chi connectivity index (χ0n) is 18.9. The van der Waals surface area contributed by atoms with Gasteiger partial charge in [0, 0.05) is 24.3 Å². The van der Waals surface area contributed by atoms with Crippen molar-refractivity contribution in [3.63, 3.8) is 0 Å². The number of benzene rings is 2. The number of ether oxygens (including phenoxy) is 3. The van der Waals surface area contributed by atoms with Crippen LogP contribution in [-0.2, 0) is 28.5 Å². The van der Waals surface area contributed by atoms with Crippen LogP contribution in [0.4, 0.5) is 26.3 Å². The van der Waals surface area contributed by atoms with Gasteiger partial charge in [0.1, 0.15) is 18.1 Å². The van der Waals surface area contributed by atoms with Crippen molar-refractivity contribution in [2.45, 2.75) is 19.0 Å². The van der Waals surface area contributed by atoms with Gasteiger partial charge in [0.25, 0.3) is 5.91 Å². The number of thioether (sulfide) groups is 1. The first-order chi connectivity index (χ1) is 16.9. The molecule has 1 amide bonds. The van der Waals surface area contributed by atoms with E-state index in [-0.39, 0.29) is 23.5 Å². The van der Waals surface area contributed by atoms with E-state index in [0.717, 1.165) is 17.8 Å². The number of methoxy groups -OCH3 is 2. The quantitative estimate of drug-likeness (QED) is 0.275. The van der Waals surface area contributed by atoms with Crippen LogP contribution in [-0.4, -0.2) is 38.4 Å². The third-order valence-corrected chi connectivity index (χ3v) is 5.78. The molecule has 0 unspecified atom stereocenters. The Morgan fingerprint density at radius 3 is 2.42 bits per heavy atom. The summed E-state index contributed by atoms with van der Waals surface area (Å²) in [5.74, 6) is 0.0227. The summed E-state index contributed by atoms with van der Waals surface area (Å²) in [7, 11) is 2.89.